The highest BCUT2D eigenvalue weighted by molar-refractivity contribution is 6.05. The van der Waals surface area contributed by atoms with Crippen molar-refractivity contribution in [3.63, 3.8) is 0 Å². The van der Waals surface area contributed by atoms with Gasteiger partial charge in [-0.05, 0) is 36.2 Å². The second-order valence-corrected chi connectivity index (χ2v) is 11.3. The van der Waals surface area contributed by atoms with Crippen LogP contribution >= 0.6 is 0 Å². The van der Waals surface area contributed by atoms with Crippen LogP contribution < -0.4 is 15.0 Å². The summed E-state index contributed by atoms with van der Waals surface area (Å²) in [6.07, 6.45) is -3.01. The first-order valence-electron chi connectivity index (χ1n) is 14.6. The molecule has 1 aromatic heterocycles. The quantitative estimate of drug-likeness (QED) is 0.233. The zero-order valence-electron chi connectivity index (χ0n) is 24.4. The third-order valence-corrected chi connectivity index (χ3v) is 8.45. The fourth-order valence-corrected chi connectivity index (χ4v) is 5.98. The van der Waals surface area contributed by atoms with Gasteiger partial charge in [0.05, 0.1) is 17.8 Å². The summed E-state index contributed by atoms with van der Waals surface area (Å²) < 4.78 is 61.2. The van der Waals surface area contributed by atoms with Crippen molar-refractivity contribution in [2.75, 3.05) is 31.1 Å². The minimum absolute atomic E-state index is 0.0408. The van der Waals surface area contributed by atoms with Crippen molar-refractivity contribution in [2.24, 2.45) is 0 Å². The van der Waals surface area contributed by atoms with Gasteiger partial charge in [-0.2, -0.15) is 13.2 Å². The number of halogens is 4. The number of ether oxygens (including phenoxy) is 1. The van der Waals surface area contributed by atoms with E-state index in [4.69, 9.17) is 11.3 Å². The van der Waals surface area contributed by atoms with Crippen LogP contribution in [0.25, 0.3) is 4.85 Å². The Balaban J connectivity index is 1.05. The molecule has 46 heavy (non-hydrogen) atoms. The van der Waals surface area contributed by atoms with Crippen LogP contribution in [-0.2, 0) is 35.5 Å². The fourth-order valence-electron chi connectivity index (χ4n) is 5.98. The summed E-state index contributed by atoms with van der Waals surface area (Å²) in [6, 6.07) is 10.1. The Morgan fingerprint density at radius 3 is 2.54 bits per heavy atom. The van der Waals surface area contributed by atoms with Crippen molar-refractivity contribution in [3.05, 3.63) is 93.7 Å². The first-order valence-corrected chi connectivity index (χ1v) is 14.6. The molecule has 14 heteroatoms. The van der Waals surface area contributed by atoms with Crippen molar-refractivity contribution in [3.8, 4) is 5.75 Å². The zero-order chi connectivity index (χ0) is 32.6. The van der Waals surface area contributed by atoms with Crippen molar-refractivity contribution >= 4 is 29.2 Å². The molecule has 2 aromatic carbocycles. The third kappa shape index (κ3) is 6.23. The first-order chi connectivity index (χ1) is 22.0. The molecule has 2 fully saturated rings. The maximum atomic E-state index is 15.1. The average molecular weight is 637 g/mol. The number of hydrogen-bond acceptors (Lipinski definition) is 7. The van der Waals surface area contributed by atoms with Crippen molar-refractivity contribution in [2.45, 2.75) is 44.8 Å². The maximum absolute atomic E-state index is 15.1. The topological polar surface area (TPSA) is 99.4 Å². The van der Waals surface area contributed by atoms with Crippen LogP contribution in [-0.4, -0.2) is 64.7 Å². The molecule has 238 valence electrons. The monoisotopic (exact) mass is 636 g/mol. The minimum atomic E-state index is -4.68. The number of alkyl halides is 3. The van der Waals surface area contributed by atoms with Crippen LogP contribution in [0.4, 0.5) is 29.1 Å². The number of fused-ring (bicyclic) bond motifs is 1. The van der Waals surface area contributed by atoms with E-state index in [0.717, 1.165) is 6.07 Å². The van der Waals surface area contributed by atoms with E-state index in [0.29, 0.717) is 60.7 Å². The molecule has 3 aliphatic heterocycles. The van der Waals surface area contributed by atoms with Gasteiger partial charge >= 0.3 is 6.18 Å². The maximum Gasteiger partial charge on any atom is 0.409 e. The van der Waals surface area contributed by atoms with E-state index in [1.165, 1.54) is 17.2 Å². The first kappa shape index (κ1) is 31.0. The predicted octanol–water partition coefficient (Wildman–Crippen LogP) is 4.45. The highest BCUT2D eigenvalue weighted by Crippen LogP contribution is 2.38. The smallest absolute Gasteiger partial charge is 0.409 e. The number of anilines is 1. The van der Waals surface area contributed by atoms with Crippen LogP contribution in [0.1, 0.15) is 45.5 Å². The van der Waals surface area contributed by atoms with Gasteiger partial charge in [-0.15, -0.1) is 4.98 Å². The number of benzene rings is 2. The van der Waals surface area contributed by atoms with Crippen LogP contribution in [0.5, 0.6) is 5.75 Å². The number of aromatic nitrogens is 1. The van der Waals surface area contributed by atoms with Gasteiger partial charge in [-0.1, -0.05) is 24.8 Å². The predicted molar refractivity (Wildman–Crippen MR) is 156 cm³/mol. The molecular formula is C32H28F4N6O4. The molecule has 0 saturated carbocycles. The second-order valence-electron chi connectivity index (χ2n) is 11.3. The fraction of sp³-hybridized carbons (Fsp3) is 0.344. The van der Waals surface area contributed by atoms with Crippen LogP contribution in [0, 0.1) is 12.4 Å². The van der Waals surface area contributed by atoms with Gasteiger partial charge in [0, 0.05) is 55.8 Å². The molecule has 3 aliphatic rings. The van der Waals surface area contributed by atoms with E-state index in [1.807, 2.05) is 4.90 Å². The zero-order valence-corrected chi connectivity index (χ0v) is 24.4. The number of piperazine rings is 1. The highest BCUT2D eigenvalue weighted by atomic mass is 19.4. The standard InChI is InChI=1S/C32H28F4N6O4/c1-37-29-24(32(34,35)36)14-21(15-38-29)41-11-9-40(10-12-41)16-20-6-5-19(13-25(20)33)18-46-27-4-2-3-22-23(27)17-42(31(22)45)26-7-8-28(43)39-30(26)44/h2-6,13-15,26H,7-12,16-18H2,(H,39,43,44)/t26-/m0/s1. The number of nitrogens with one attached hydrogen (secondary N) is 1. The number of rotatable bonds is 7. The number of imide groups is 1. The Morgan fingerprint density at radius 1 is 1.07 bits per heavy atom. The molecule has 0 spiro atoms. The molecule has 2 saturated heterocycles. The number of pyridine rings is 1. The molecule has 1 N–H and O–H groups in total. The summed E-state index contributed by atoms with van der Waals surface area (Å²) in [6.45, 7) is 9.27. The van der Waals surface area contributed by atoms with Crippen molar-refractivity contribution in [1.82, 2.24) is 20.1 Å². The lowest BCUT2D eigenvalue weighted by Gasteiger charge is -2.36. The molecule has 4 heterocycles. The molecular weight excluding hydrogens is 608 g/mol. The Bertz CT molecular complexity index is 1750. The molecule has 3 amide bonds. The Labute approximate surface area is 261 Å². The molecule has 0 radical (unpaired) electrons. The lowest BCUT2D eigenvalue weighted by atomic mass is 10.0. The number of carbonyl (C=O) groups excluding carboxylic acids is 3. The summed E-state index contributed by atoms with van der Waals surface area (Å²) in [5, 5.41) is 2.28. The Kier molecular flexibility index (Phi) is 8.35. The summed E-state index contributed by atoms with van der Waals surface area (Å²) in [7, 11) is 0. The molecule has 0 aliphatic carbocycles. The Morgan fingerprint density at radius 2 is 1.85 bits per heavy atom. The van der Waals surface area contributed by atoms with E-state index in [2.05, 4.69) is 15.1 Å². The number of carbonyl (C=O) groups is 3. The SMILES string of the molecule is [C-]#[N+]c1ncc(N2CCN(Cc3ccc(COc4cccc5c4CN([C@H]4CCC(=O)NC4=O)C5=O)cc3F)CC2)cc1C(F)(F)F. The van der Waals surface area contributed by atoms with Crippen molar-refractivity contribution in [1.29, 1.82) is 0 Å². The normalized spacial score (nSPS) is 18.8. The number of piperidine rings is 1. The van der Waals surface area contributed by atoms with E-state index >= 15 is 4.39 Å². The van der Waals surface area contributed by atoms with E-state index < -0.39 is 35.3 Å². The molecule has 3 aromatic rings. The Hall–Kier alpha value is -5.03. The summed E-state index contributed by atoms with van der Waals surface area (Å²) in [5.41, 5.74) is 1.30. The molecule has 6 rings (SSSR count). The van der Waals surface area contributed by atoms with Gasteiger partial charge in [0.2, 0.25) is 11.8 Å². The molecule has 1 atom stereocenters. The van der Waals surface area contributed by atoms with E-state index in [9.17, 15) is 27.6 Å². The van der Waals surface area contributed by atoms with Gasteiger partial charge in [0.1, 0.15) is 30.4 Å². The second kappa shape index (κ2) is 12.4. The number of nitrogens with zero attached hydrogens (tertiary/aromatic N) is 5. The number of hydrogen-bond donors (Lipinski definition) is 1. The van der Waals surface area contributed by atoms with Crippen LogP contribution in [0.3, 0.4) is 0 Å². The van der Waals surface area contributed by atoms with Crippen LogP contribution in [0.15, 0.2) is 48.7 Å². The lowest BCUT2D eigenvalue weighted by molar-refractivity contribution is -0.138. The van der Waals surface area contributed by atoms with Gasteiger partial charge in [-0.25, -0.2) is 4.39 Å². The largest absolute Gasteiger partial charge is 0.489 e. The minimum Gasteiger partial charge on any atom is -0.489 e. The van der Waals surface area contributed by atoms with E-state index in [1.54, 1.807) is 35.2 Å². The molecule has 10 nitrogen and oxygen atoms in total. The summed E-state index contributed by atoms with van der Waals surface area (Å²) >= 11 is 0. The third-order valence-electron chi connectivity index (χ3n) is 8.45. The van der Waals surface area contributed by atoms with Gasteiger partial charge in [0.25, 0.3) is 11.7 Å². The van der Waals surface area contributed by atoms with E-state index in [-0.39, 0.29) is 43.5 Å². The highest BCUT2D eigenvalue weighted by Gasteiger charge is 2.40. The lowest BCUT2D eigenvalue weighted by Crippen LogP contribution is -2.52. The van der Waals surface area contributed by atoms with Gasteiger partial charge in [-0.3, -0.25) is 24.6 Å². The summed E-state index contributed by atoms with van der Waals surface area (Å²) in [4.78, 5) is 48.7. The summed E-state index contributed by atoms with van der Waals surface area (Å²) in [5.74, 6) is -1.83. The molecule has 0 bridgehead atoms. The number of amides is 3. The van der Waals surface area contributed by atoms with Gasteiger partial charge < -0.3 is 19.4 Å². The molecule has 0 unspecified atom stereocenters. The van der Waals surface area contributed by atoms with Gasteiger partial charge in [0.15, 0.2) is 0 Å². The van der Waals surface area contributed by atoms with Crippen LogP contribution in [0.2, 0.25) is 0 Å². The average Bonchev–Trinajstić information content (AvgIpc) is 3.37. The van der Waals surface area contributed by atoms with Crippen molar-refractivity contribution < 1.29 is 36.7 Å².